The van der Waals surface area contributed by atoms with E-state index < -0.39 is 5.41 Å². The summed E-state index contributed by atoms with van der Waals surface area (Å²) in [7, 11) is 0. The fourth-order valence-electron chi connectivity index (χ4n) is 6.40. The summed E-state index contributed by atoms with van der Waals surface area (Å²) in [5.74, 6) is 2.34. The molecule has 0 radical (unpaired) electrons. The number of carbonyl (C=O) groups is 2. The minimum atomic E-state index is -0.619. The van der Waals surface area contributed by atoms with Gasteiger partial charge in [0.2, 0.25) is 11.8 Å². The number of hydrogen-bond acceptors (Lipinski definition) is 4. The lowest BCUT2D eigenvalue weighted by Crippen LogP contribution is -2.28. The summed E-state index contributed by atoms with van der Waals surface area (Å²) >= 11 is 0. The van der Waals surface area contributed by atoms with Gasteiger partial charge in [-0.15, -0.1) is 0 Å². The van der Waals surface area contributed by atoms with E-state index in [1.54, 1.807) is 12.2 Å². The van der Waals surface area contributed by atoms with E-state index in [2.05, 4.69) is 83.4 Å². The smallest absolute Gasteiger partial charge is 0.248 e. The molecule has 0 unspecified atom stereocenters. The van der Waals surface area contributed by atoms with Crippen LogP contribution in [-0.4, -0.2) is 11.8 Å². The average Bonchev–Trinajstić information content (AvgIpc) is 3.79. The SMILES string of the molecule is Cc1ccc(/C=C/C(=O)Nc2ccc(C3(c4ccc(NC(=O)/C=C/c5ccc(C)o5)cc4)c4ccccc4-c4ccccc43)cc2)o1. The van der Waals surface area contributed by atoms with Crippen LogP contribution >= 0.6 is 0 Å². The Morgan fingerprint density at radius 3 is 1.32 bits per heavy atom. The lowest BCUT2D eigenvalue weighted by molar-refractivity contribution is -0.112. The van der Waals surface area contributed by atoms with Crippen LogP contribution in [0.3, 0.4) is 0 Å². The zero-order valence-corrected chi connectivity index (χ0v) is 26.0. The second-order valence-corrected chi connectivity index (χ2v) is 11.5. The number of hydrogen-bond donors (Lipinski definition) is 2. The van der Waals surface area contributed by atoms with E-state index in [1.807, 2.05) is 62.4 Å². The Morgan fingerprint density at radius 2 is 0.936 bits per heavy atom. The number of nitrogens with one attached hydrogen (secondary N) is 2. The fraction of sp³-hybridized carbons (Fsp3) is 0.0732. The first-order valence-corrected chi connectivity index (χ1v) is 15.4. The summed E-state index contributed by atoms with van der Waals surface area (Å²) in [5.41, 5.74) is 7.56. The fourth-order valence-corrected chi connectivity index (χ4v) is 6.40. The highest BCUT2D eigenvalue weighted by atomic mass is 16.3. The number of fused-ring (bicyclic) bond motifs is 3. The van der Waals surface area contributed by atoms with Gasteiger partial charge in [-0.3, -0.25) is 9.59 Å². The van der Waals surface area contributed by atoms with Gasteiger partial charge in [-0.25, -0.2) is 0 Å². The van der Waals surface area contributed by atoms with Crippen molar-refractivity contribution in [1.82, 2.24) is 0 Å². The van der Waals surface area contributed by atoms with Gasteiger partial charge < -0.3 is 19.5 Å². The Bertz CT molecular complexity index is 1990. The molecular weight excluding hydrogens is 584 g/mol. The number of anilines is 2. The topological polar surface area (TPSA) is 84.5 Å². The van der Waals surface area contributed by atoms with E-state index in [0.29, 0.717) is 22.9 Å². The monoisotopic (exact) mass is 616 g/mol. The molecule has 1 aliphatic rings. The third-order valence-electron chi connectivity index (χ3n) is 8.44. The molecule has 2 aromatic heterocycles. The number of furan rings is 2. The van der Waals surface area contributed by atoms with Crippen molar-refractivity contribution in [3.05, 3.63) is 179 Å². The van der Waals surface area contributed by atoms with Crippen molar-refractivity contribution in [1.29, 1.82) is 0 Å². The van der Waals surface area contributed by atoms with Crippen molar-refractivity contribution in [2.45, 2.75) is 19.3 Å². The first-order chi connectivity index (χ1) is 22.9. The summed E-state index contributed by atoms with van der Waals surface area (Å²) in [6.07, 6.45) is 6.23. The van der Waals surface area contributed by atoms with E-state index in [4.69, 9.17) is 8.83 Å². The average molecular weight is 617 g/mol. The molecule has 6 aromatic rings. The molecule has 2 amide bonds. The summed E-state index contributed by atoms with van der Waals surface area (Å²) in [5, 5.41) is 5.91. The maximum atomic E-state index is 12.7. The van der Waals surface area contributed by atoms with Gasteiger partial charge >= 0.3 is 0 Å². The lowest BCUT2D eigenvalue weighted by atomic mass is 9.67. The highest BCUT2D eigenvalue weighted by Crippen LogP contribution is 2.56. The molecule has 0 saturated carbocycles. The number of benzene rings is 4. The minimum Gasteiger partial charge on any atom is -0.462 e. The summed E-state index contributed by atoms with van der Waals surface area (Å²) in [4.78, 5) is 25.4. The van der Waals surface area contributed by atoms with Crippen molar-refractivity contribution < 1.29 is 18.4 Å². The van der Waals surface area contributed by atoms with Crippen LogP contribution in [-0.2, 0) is 15.0 Å². The van der Waals surface area contributed by atoms with Gasteiger partial charge in [-0.2, -0.15) is 0 Å². The first kappa shape index (κ1) is 29.6. The number of carbonyl (C=O) groups excluding carboxylic acids is 2. The Labute approximate surface area is 273 Å². The molecule has 6 nitrogen and oxygen atoms in total. The van der Waals surface area contributed by atoms with E-state index in [-0.39, 0.29) is 11.8 Å². The summed E-state index contributed by atoms with van der Waals surface area (Å²) in [6, 6.07) is 40.4. The molecule has 1 aliphatic carbocycles. The van der Waals surface area contributed by atoms with Crippen molar-refractivity contribution >= 4 is 35.3 Å². The molecule has 0 atom stereocenters. The Hall–Kier alpha value is -6.14. The normalized spacial score (nSPS) is 13.1. The molecule has 6 heteroatoms. The van der Waals surface area contributed by atoms with Crippen LogP contribution in [0.4, 0.5) is 11.4 Å². The zero-order valence-electron chi connectivity index (χ0n) is 26.0. The van der Waals surface area contributed by atoms with E-state index in [0.717, 1.165) is 22.6 Å². The number of rotatable bonds is 8. The maximum Gasteiger partial charge on any atom is 0.248 e. The maximum absolute atomic E-state index is 12.7. The van der Waals surface area contributed by atoms with Gasteiger partial charge in [0.05, 0.1) is 5.41 Å². The zero-order chi connectivity index (χ0) is 32.4. The first-order valence-electron chi connectivity index (χ1n) is 15.4. The van der Waals surface area contributed by atoms with E-state index in [1.165, 1.54) is 34.4 Å². The molecule has 2 heterocycles. The highest BCUT2D eigenvalue weighted by molar-refractivity contribution is 6.02. The van der Waals surface area contributed by atoms with E-state index >= 15 is 0 Å². The van der Waals surface area contributed by atoms with Crippen molar-refractivity contribution in [2.75, 3.05) is 10.6 Å². The van der Waals surface area contributed by atoms with Crippen molar-refractivity contribution in [3.63, 3.8) is 0 Å². The molecule has 0 fully saturated rings. The second-order valence-electron chi connectivity index (χ2n) is 11.5. The van der Waals surface area contributed by atoms with Gasteiger partial charge in [0.25, 0.3) is 0 Å². The van der Waals surface area contributed by atoms with Gasteiger partial charge in [-0.05, 0) is 108 Å². The van der Waals surface area contributed by atoms with Gasteiger partial charge in [-0.1, -0.05) is 72.8 Å². The minimum absolute atomic E-state index is 0.246. The predicted molar refractivity (Wildman–Crippen MR) is 186 cm³/mol. The van der Waals surface area contributed by atoms with Crippen LogP contribution < -0.4 is 10.6 Å². The predicted octanol–water partition coefficient (Wildman–Crippen LogP) is 9.16. The van der Waals surface area contributed by atoms with Crippen LogP contribution in [0.5, 0.6) is 0 Å². The van der Waals surface area contributed by atoms with Crippen LogP contribution in [0.2, 0.25) is 0 Å². The molecule has 4 aromatic carbocycles. The van der Waals surface area contributed by atoms with Crippen LogP contribution in [0, 0.1) is 13.8 Å². The van der Waals surface area contributed by atoms with Gasteiger partial charge in [0.1, 0.15) is 23.0 Å². The standard InChI is InChI=1S/C41H32N2O4/c1-27-11-21-33(46-27)23-25-39(44)42-31-17-13-29(14-18-31)41(37-9-5-3-7-35(37)36-8-4-6-10-38(36)41)30-15-19-32(20-16-30)43-40(45)26-24-34-22-12-28(2)47-34/h3-26H,1-2H3,(H,42,44)(H,43,45)/b25-23+,26-24+. The van der Waals surface area contributed by atoms with Gasteiger partial charge in [0, 0.05) is 23.5 Å². The van der Waals surface area contributed by atoms with Crippen LogP contribution in [0.15, 0.2) is 142 Å². The van der Waals surface area contributed by atoms with Gasteiger partial charge in [0.15, 0.2) is 0 Å². The molecule has 47 heavy (non-hydrogen) atoms. The summed E-state index contributed by atoms with van der Waals surface area (Å²) in [6.45, 7) is 3.73. The van der Waals surface area contributed by atoms with Crippen LogP contribution in [0.1, 0.15) is 45.3 Å². The van der Waals surface area contributed by atoms with Crippen LogP contribution in [0.25, 0.3) is 23.3 Å². The molecule has 0 aliphatic heterocycles. The Morgan fingerprint density at radius 1 is 0.532 bits per heavy atom. The van der Waals surface area contributed by atoms with E-state index in [9.17, 15) is 9.59 Å². The number of aryl methyl sites for hydroxylation is 2. The molecule has 0 bridgehead atoms. The molecule has 2 N–H and O–H groups in total. The Balaban J connectivity index is 1.21. The largest absolute Gasteiger partial charge is 0.462 e. The third-order valence-corrected chi connectivity index (χ3v) is 8.44. The quantitative estimate of drug-likeness (QED) is 0.167. The molecule has 230 valence electrons. The van der Waals surface area contributed by atoms with Crippen molar-refractivity contribution in [2.24, 2.45) is 0 Å². The highest BCUT2D eigenvalue weighted by Gasteiger charge is 2.45. The molecular formula is C41H32N2O4. The van der Waals surface area contributed by atoms with Crippen molar-refractivity contribution in [3.8, 4) is 11.1 Å². The molecule has 0 spiro atoms. The molecule has 0 saturated heterocycles. The third kappa shape index (κ3) is 5.73. The summed E-state index contributed by atoms with van der Waals surface area (Å²) < 4.78 is 11.1. The number of amides is 2. The Kier molecular flexibility index (Phi) is 7.76. The molecule has 7 rings (SSSR count). The lowest BCUT2D eigenvalue weighted by Gasteiger charge is -2.34. The second kappa shape index (κ2) is 12.3.